The molecule has 74 valence electrons. The van der Waals surface area contributed by atoms with Gasteiger partial charge in [0.25, 0.3) is 0 Å². The first-order valence-electron chi connectivity index (χ1n) is 4.61. The lowest BCUT2D eigenvalue weighted by molar-refractivity contribution is 0.225. The number of benzene rings is 1. The van der Waals surface area contributed by atoms with Crippen LogP contribution in [0.2, 0.25) is 5.02 Å². The molecule has 14 heavy (non-hydrogen) atoms. The summed E-state index contributed by atoms with van der Waals surface area (Å²) in [5, 5.41) is 0.724. The topological polar surface area (TPSA) is 35.2 Å². The van der Waals surface area contributed by atoms with Crippen LogP contribution in [0.5, 0.6) is 0 Å². The predicted molar refractivity (Wildman–Crippen MR) is 57.0 cm³/mol. The zero-order valence-electron chi connectivity index (χ0n) is 7.74. The van der Waals surface area contributed by atoms with Crippen molar-refractivity contribution in [2.75, 3.05) is 6.61 Å². The molecule has 1 unspecified atom stereocenters. The molecule has 2 nitrogen and oxygen atoms in total. The van der Waals surface area contributed by atoms with Crippen LogP contribution >= 0.6 is 11.6 Å². The lowest BCUT2D eigenvalue weighted by Gasteiger charge is -2.13. The Balaban J connectivity index is 2.18. The van der Waals surface area contributed by atoms with E-state index in [2.05, 4.69) is 0 Å². The molecule has 0 amide bonds. The Morgan fingerprint density at radius 1 is 1.29 bits per heavy atom. The van der Waals surface area contributed by atoms with Crippen molar-refractivity contribution in [3.8, 4) is 0 Å². The molecular weight excluding hydrogens is 198 g/mol. The van der Waals surface area contributed by atoms with E-state index in [9.17, 15) is 0 Å². The maximum atomic E-state index is 6.01. The molecule has 1 aliphatic rings. The first-order valence-corrected chi connectivity index (χ1v) is 4.99. The quantitative estimate of drug-likeness (QED) is 0.813. The Morgan fingerprint density at radius 3 is 2.57 bits per heavy atom. The van der Waals surface area contributed by atoms with E-state index in [1.165, 1.54) is 0 Å². The van der Waals surface area contributed by atoms with Gasteiger partial charge in [0.1, 0.15) is 5.76 Å². The minimum atomic E-state index is -0.158. The highest BCUT2D eigenvalue weighted by Gasteiger charge is 2.15. The standard InChI is InChI=1S/C11H12ClNO/c12-9-5-3-8(4-6-9)11(13)10-2-1-7-14-10/h2-6,11H,1,7,13H2. The summed E-state index contributed by atoms with van der Waals surface area (Å²) in [4.78, 5) is 0. The summed E-state index contributed by atoms with van der Waals surface area (Å²) < 4.78 is 5.40. The van der Waals surface area contributed by atoms with Crippen molar-refractivity contribution in [1.82, 2.24) is 0 Å². The molecule has 0 saturated carbocycles. The summed E-state index contributed by atoms with van der Waals surface area (Å²) >= 11 is 5.79. The van der Waals surface area contributed by atoms with E-state index >= 15 is 0 Å². The van der Waals surface area contributed by atoms with Crippen molar-refractivity contribution in [3.05, 3.63) is 46.7 Å². The number of nitrogens with two attached hydrogens (primary N) is 1. The molecule has 1 aromatic rings. The lowest BCUT2D eigenvalue weighted by atomic mass is 10.1. The summed E-state index contributed by atoms with van der Waals surface area (Å²) in [6, 6.07) is 7.37. The molecule has 0 spiro atoms. The van der Waals surface area contributed by atoms with Gasteiger partial charge in [-0.1, -0.05) is 23.7 Å². The first kappa shape index (κ1) is 9.56. The van der Waals surface area contributed by atoms with Crippen molar-refractivity contribution in [1.29, 1.82) is 0 Å². The molecule has 0 aliphatic carbocycles. The van der Waals surface area contributed by atoms with Gasteiger partial charge in [0, 0.05) is 11.4 Å². The number of hydrogen-bond acceptors (Lipinski definition) is 2. The van der Waals surface area contributed by atoms with Gasteiger partial charge in [0.2, 0.25) is 0 Å². The maximum Gasteiger partial charge on any atom is 0.113 e. The second-order valence-electron chi connectivity index (χ2n) is 3.27. The van der Waals surface area contributed by atoms with E-state index in [1.54, 1.807) is 0 Å². The van der Waals surface area contributed by atoms with Gasteiger partial charge in [-0.3, -0.25) is 0 Å². The molecular formula is C11H12ClNO. The Bertz CT molecular complexity index is 345. The average molecular weight is 210 g/mol. The van der Waals surface area contributed by atoms with E-state index in [0.29, 0.717) is 0 Å². The predicted octanol–water partition coefficient (Wildman–Crippen LogP) is 2.64. The molecule has 0 radical (unpaired) electrons. The molecule has 0 saturated heterocycles. The lowest BCUT2D eigenvalue weighted by Crippen LogP contribution is -2.13. The molecule has 2 rings (SSSR count). The van der Waals surface area contributed by atoms with Crippen LogP contribution in [0.3, 0.4) is 0 Å². The van der Waals surface area contributed by atoms with Crippen LogP contribution in [-0.2, 0) is 4.74 Å². The van der Waals surface area contributed by atoms with E-state index in [4.69, 9.17) is 22.1 Å². The normalized spacial score (nSPS) is 17.4. The van der Waals surface area contributed by atoms with Crippen LogP contribution in [0.4, 0.5) is 0 Å². The van der Waals surface area contributed by atoms with Gasteiger partial charge < -0.3 is 10.5 Å². The maximum absolute atomic E-state index is 6.01. The Hall–Kier alpha value is -0.990. The molecule has 0 aromatic heterocycles. The molecule has 2 N–H and O–H groups in total. The zero-order chi connectivity index (χ0) is 9.97. The zero-order valence-corrected chi connectivity index (χ0v) is 8.50. The van der Waals surface area contributed by atoms with Crippen LogP contribution in [0.25, 0.3) is 0 Å². The summed E-state index contributed by atoms with van der Waals surface area (Å²) in [6.07, 6.45) is 3.00. The molecule has 1 atom stereocenters. The SMILES string of the molecule is NC(C1=CCCO1)c1ccc(Cl)cc1. The van der Waals surface area contributed by atoms with Crippen LogP contribution in [0.15, 0.2) is 36.1 Å². The fourth-order valence-corrected chi connectivity index (χ4v) is 1.61. The first-order chi connectivity index (χ1) is 6.77. The number of hydrogen-bond donors (Lipinski definition) is 1. The highest BCUT2D eigenvalue weighted by Crippen LogP contribution is 2.24. The number of rotatable bonds is 2. The number of ether oxygens (including phenoxy) is 1. The molecule has 0 bridgehead atoms. The third-order valence-electron chi connectivity index (χ3n) is 2.27. The third-order valence-corrected chi connectivity index (χ3v) is 2.52. The Labute approximate surface area is 88.3 Å². The van der Waals surface area contributed by atoms with E-state index < -0.39 is 0 Å². The molecule has 1 aliphatic heterocycles. The van der Waals surface area contributed by atoms with Crippen molar-refractivity contribution in [2.24, 2.45) is 5.73 Å². The highest BCUT2D eigenvalue weighted by molar-refractivity contribution is 6.30. The third kappa shape index (κ3) is 1.91. The van der Waals surface area contributed by atoms with Crippen molar-refractivity contribution in [2.45, 2.75) is 12.5 Å². The molecule has 1 heterocycles. The molecule has 1 aromatic carbocycles. The van der Waals surface area contributed by atoms with Crippen LogP contribution in [-0.4, -0.2) is 6.61 Å². The fraction of sp³-hybridized carbons (Fsp3) is 0.273. The van der Waals surface area contributed by atoms with Crippen molar-refractivity contribution < 1.29 is 4.74 Å². The number of halogens is 1. The average Bonchev–Trinajstić information content (AvgIpc) is 2.71. The van der Waals surface area contributed by atoms with Gasteiger partial charge in [-0.15, -0.1) is 0 Å². The molecule has 0 fully saturated rings. The Morgan fingerprint density at radius 2 is 2.00 bits per heavy atom. The van der Waals surface area contributed by atoms with Gasteiger partial charge in [0.05, 0.1) is 12.6 Å². The minimum Gasteiger partial charge on any atom is -0.496 e. The second-order valence-corrected chi connectivity index (χ2v) is 3.71. The summed E-state index contributed by atoms with van der Waals surface area (Å²) in [5.41, 5.74) is 7.04. The highest BCUT2D eigenvalue weighted by atomic mass is 35.5. The van der Waals surface area contributed by atoms with Gasteiger partial charge in [-0.2, -0.15) is 0 Å². The monoisotopic (exact) mass is 209 g/mol. The van der Waals surface area contributed by atoms with Gasteiger partial charge >= 0.3 is 0 Å². The Kier molecular flexibility index (Phi) is 2.75. The van der Waals surface area contributed by atoms with E-state index in [1.807, 2.05) is 30.3 Å². The van der Waals surface area contributed by atoms with Gasteiger partial charge in [0.15, 0.2) is 0 Å². The van der Waals surface area contributed by atoms with Crippen LogP contribution in [0, 0.1) is 0 Å². The van der Waals surface area contributed by atoms with Gasteiger partial charge in [-0.25, -0.2) is 0 Å². The van der Waals surface area contributed by atoms with E-state index in [0.717, 1.165) is 29.4 Å². The van der Waals surface area contributed by atoms with Gasteiger partial charge in [-0.05, 0) is 23.8 Å². The summed E-state index contributed by atoms with van der Waals surface area (Å²) in [6.45, 7) is 0.747. The van der Waals surface area contributed by atoms with Crippen LogP contribution in [0.1, 0.15) is 18.0 Å². The summed E-state index contributed by atoms with van der Waals surface area (Å²) in [7, 11) is 0. The molecule has 3 heteroatoms. The van der Waals surface area contributed by atoms with Crippen molar-refractivity contribution >= 4 is 11.6 Å². The van der Waals surface area contributed by atoms with Crippen molar-refractivity contribution in [3.63, 3.8) is 0 Å². The largest absolute Gasteiger partial charge is 0.496 e. The summed E-state index contributed by atoms with van der Waals surface area (Å²) in [5.74, 6) is 0.868. The van der Waals surface area contributed by atoms with E-state index in [-0.39, 0.29) is 6.04 Å². The second kappa shape index (κ2) is 4.03. The van der Waals surface area contributed by atoms with Crippen LogP contribution < -0.4 is 5.73 Å². The fourth-order valence-electron chi connectivity index (χ4n) is 1.49. The smallest absolute Gasteiger partial charge is 0.113 e. The minimum absolute atomic E-state index is 0.158.